The van der Waals surface area contributed by atoms with Crippen molar-refractivity contribution in [2.24, 2.45) is 0 Å². The molecule has 35 heavy (non-hydrogen) atoms. The second kappa shape index (κ2) is 17.0. The van der Waals surface area contributed by atoms with Crippen molar-refractivity contribution >= 4 is 27.6 Å². The Morgan fingerprint density at radius 1 is 0.857 bits per heavy atom. The van der Waals surface area contributed by atoms with E-state index in [9.17, 15) is 13.2 Å². The molecule has 0 saturated carbocycles. The molecule has 0 aliphatic rings. The van der Waals surface area contributed by atoms with Crippen LogP contribution in [-0.2, 0) is 23.2 Å². The third-order valence-electron chi connectivity index (χ3n) is 4.44. The van der Waals surface area contributed by atoms with E-state index >= 15 is 0 Å². The summed E-state index contributed by atoms with van der Waals surface area (Å²) in [4.78, 5) is 20.2. The number of nitrogens with zero attached hydrogens (tertiary/aromatic N) is 1. The van der Waals surface area contributed by atoms with E-state index in [0.717, 1.165) is 17.4 Å². The number of ether oxygens (including phenoxy) is 1. The minimum atomic E-state index is -3.62. The molecule has 0 aliphatic carbocycles. The molecule has 0 aromatic heterocycles. The van der Waals surface area contributed by atoms with Gasteiger partial charge in [-0.15, -0.1) is 0 Å². The van der Waals surface area contributed by atoms with Crippen LogP contribution in [0.15, 0.2) is 78.9 Å². The largest absolute Gasteiger partial charge is 1.00 e. The molecule has 0 spiro atoms. The number of hydrogen-bond donors (Lipinski definition) is 0. The van der Waals surface area contributed by atoms with Crippen molar-refractivity contribution in [1.29, 1.82) is 0 Å². The van der Waals surface area contributed by atoms with Crippen molar-refractivity contribution in [2.45, 2.75) is 20.1 Å². The van der Waals surface area contributed by atoms with Crippen molar-refractivity contribution in [3.8, 4) is 5.75 Å². The molecule has 3 rings (SSSR count). The second-order valence-corrected chi connectivity index (χ2v) is 8.93. The molecule has 0 radical (unpaired) electrons. The van der Waals surface area contributed by atoms with Gasteiger partial charge in [-0.05, 0) is 42.4 Å². The van der Waals surface area contributed by atoms with Gasteiger partial charge in [0.15, 0.2) is 5.78 Å². The van der Waals surface area contributed by atoms with Gasteiger partial charge in [0.1, 0.15) is 12.4 Å². The van der Waals surface area contributed by atoms with Gasteiger partial charge >= 0.3 is 103 Å². The van der Waals surface area contributed by atoms with Crippen LogP contribution in [0.4, 0.5) is 10.5 Å². The molecule has 0 N–H and O–H groups in total. The first kappa shape index (κ1) is 34.4. The molecule has 0 amide bonds. The maximum Gasteiger partial charge on any atom is 1.00 e. The Bertz CT molecular complexity index is 1190. The van der Waals surface area contributed by atoms with Crippen molar-refractivity contribution in [3.05, 3.63) is 95.6 Å². The smallest absolute Gasteiger partial charge is 0.652 e. The van der Waals surface area contributed by atoms with E-state index in [1.807, 2.05) is 60.7 Å². The van der Waals surface area contributed by atoms with E-state index < -0.39 is 16.2 Å². The van der Waals surface area contributed by atoms with Crippen molar-refractivity contribution in [2.75, 3.05) is 10.6 Å². The zero-order chi connectivity index (χ0) is 24.4. The number of benzene rings is 3. The summed E-state index contributed by atoms with van der Waals surface area (Å²) in [7, 11) is -3.62. The van der Waals surface area contributed by atoms with E-state index in [2.05, 4.69) is 0 Å². The van der Waals surface area contributed by atoms with Gasteiger partial charge in [0.25, 0.3) is 0 Å². The van der Waals surface area contributed by atoms with Gasteiger partial charge in [0.2, 0.25) is 10.0 Å². The summed E-state index contributed by atoms with van der Waals surface area (Å²) in [5.74, 6) is 0.259. The van der Waals surface area contributed by atoms with Crippen LogP contribution < -0.4 is 122 Å². The Morgan fingerprint density at radius 3 is 1.80 bits per heavy atom. The number of ketones is 1. The molecule has 3 aromatic rings. The van der Waals surface area contributed by atoms with Crippen LogP contribution in [0.2, 0.25) is 0 Å². The molecule has 0 atom stereocenters. The maximum atomic E-state index is 12.6. The topological polar surface area (TPSA) is 127 Å². The van der Waals surface area contributed by atoms with Crippen molar-refractivity contribution in [1.82, 2.24) is 0 Å². The van der Waals surface area contributed by atoms with Gasteiger partial charge in [-0.1, -0.05) is 60.7 Å². The zero-order valence-electron chi connectivity index (χ0n) is 20.1. The summed E-state index contributed by atoms with van der Waals surface area (Å²) < 4.78 is 32.5. The predicted octanol–water partition coefficient (Wildman–Crippen LogP) is -4.00. The molecule has 8 nitrogen and oxygen atoms in total. The molecular weight excluding hydrogens is 525 g/mol. The standard InChI is InChI=1S/C23H23NO4S.CH2O3.2K/c1-18(25)21-13-14-23(28-17-20-11-7-4-8-12-20)22(15-21)24(29(2,26)27)16-19-9-5-3-6-10-19;2-1(3)4;;/h3-15H,16-17H2,1-2H3;(H2,2,3,4);;/q;;2*+1/p-2. The fraction of sp³-hybridized carbons (Fsp3) is 0.167. The number of rotatable bonds is 8. The van der Waals surface area contributed by atoms with Crippen LogP contribution in [0.25, 0.3) is 0 Å². The quantitative estimate of drug-likeness (QED) is 0.208. The number of carboxylic acid groups (broad SMARTS) is 2. The number of hydrogen-bond acceptors (Lipinski definition) is 7. The number of Topliss-reactive ketones (excluding diaryl/α,β-unsaturated/α-hetero) is 1. The minimum absolute atomic E-state index is 0. The van der Waals surface area contributed by atoms with E-state index in [0.29, 0.717) is 17.0 Å². The molecule has 0 aliphatic heterocycles. The summed E-state index contributed by atoms with van der Waals surface area (Å²) in [5, 5.41) is 16.7. The molecular formula is C24H23K2NO7S. The number of anilines is 1. The third kappa shape index (κ3) is 12.5. The first-order valence-corrected chi connectivity index (χ1v) is 11.6. The first-order valence-electron chi connectivity index (χ1n) is 9.79. The molecule has 0 fully saturated rings. The van der Waals surface area contributed by atoms with Gasteiger partial charge in [0.05, 0.1) is 18.5 Å². The Morgan fingerprint density at radius 2 is 1.34 bits per heavy atom. The number of carbonyl (C=O) groups excluding carboxylic acids is 2. The van der Waals surface area contributed by atoms with Crippen LogP contribution in [0, 0.1) is 0 Å². The number of sulfonamides is 1. The van der Waals surface area contributed by atoms with E-state index in [1.54, 1.807) is 18.2 Å². The molecule has 0 unspecified atom stereocenters. The van der Waals surface area contributed by atoms with Crippen molar-refractivity contribution < 1.29 is 136 Å². The third-order valence-corrected chi connectivity index (χ3v) is 5.57. The number of carbonyl (C=O) groups is 2. The summed E-state index contributed by atoms with van der Waals surface area (Å²) in [5.41, 5.74) is 2.57. The molecule has 11 heteroatoms. The average Bonchev–Trinajstić information content (AvgIpc) is 2.76. The average molecular weight is 548 g/mol. The summed E-state index contributed by atoms with van der Waals surface area (Å²) in [6.07, 6.45) is -1.18. The minimum Gasteiger partial charge on any atom is -0.652 e. The van der Waals surface area contributed by atoms with Crippen LogP contribution in [0.5, 0.6) is 5.75 Å². The predicted molar refractivity (Wildman–Crippen MR) is 120 cm³/mol. The van der Waals surface area contributed by atoms with E-state index in [-0.39, 0.29) is 122 Å². The molecule has 3 aromatic carbocycles. The Hall–Kier alpha value is -0.577. The van der Waals surface area contributed by atoms with Crippen LogP contribution in [0.1, 0.15) is 28.4 Å². The summed E-state index contributed by atoms with van der Waals surface area (Å²) in [6.45, 7) is 1.88. The van der Waals surface area contributed by atoms with Gasteiger partial charge in [-0.25, -0.2) is 8.42 Å². The molecule has 0 bridgehead atoms. The SMILES string of the molecule is CC(=O)c1ccc(OCc2ccccc2)c(N(Cc2ccccc2)S(C)(=O)=O)c1.O=C([O-])[O-].[K+].[K+]. The molecule has 0 heterocycles. The second-order valence-electron chi connectivity index (χ2n) is 7.02. The van der Waals surface area contributed by atoms with Crippen molar-refractivity contribution in [3.63, 3.8) is 0 Å². The van der Waals surface area contributed by atoms with Gasteiger partial charge in [0, 0.05) is 5.56 Å². The van der Waals surface area contributed by atoms with Gasteiger partial charge in [-0.2, -0.15) is 0 Å². The van der Waals surface area contributed by atoms with Crippen LogP contribution >= 0.6 is 0 Å². The zero-order valence-corrected chi connectivity index (χ0v) is 27.2. The van der Waals surface area contributed by atoms with Gasteiger partial charge in [-0.3, -0.25) is 9.10 Å². The monoisotopic (exact) mass is 547 g/mol. The van der Waals surface area contributed by atoms with Gasteiger partial charge < -0.3 is 19.7 Å². The van der Waals surface area contributed by atoms with Crippen LogP contribution in [0.3, 0.4) is 0 Å². The summed E-state index contributed by atoms with van der Waals surface area (Å²) in [6, 6.07) is 23.8. The Balaban J connectivity index is 0.00000179. The Kier molecular flexibility index (Phi) is 16.7. The fourth-order valence-electron chi connectivity index (χ4n) is 2.92. The van der Waals surface area contributed by atoms with E-state index in [4.69, 9.17) is 19.7 Å². The van der Waals surface area contributed by atoms with E-state index in [1.165, 1.54) is 11.2 Å². The first-order chi connectivity index (χ1) is 15.6. The maximum absolute atomic E-state index is 12.6. The summed E-state index contributed by atoms with van der Waals surface area (Å²) >= 11 is 0. The Labute approximate surface area is 290 Å². The normalized spacial score (nSPS) is 9.89. The molecule has 0 saturated heterocycles. The van der Waals surface area contributed by atoms with Crippen LogP contribution in [-0.4, -0.2) is 26.6 Å². The molecule has 174 valence electrons. The fourth-order valence-corrected chi connectivity index (χ4v) is 3.80.